The first-order valence-electron chi connectivity index (χ1n) is 6.21. The Labute approximate surface area is 98.8 Å². The number of carbonyl (C=O) groups excluding carboxylic acids is 1. The number of hydrogen-bond donors (Lipinski definition) is 0. The lowest BCUT2D eigenvalue weighted by molar-refractivity contribution is -0.111. The second kappa shape index (κ2) is 12.2. The van der Waals surface area contributed by atoms with Crippen molar-refractivity contribution >= 4 is 6.29 Å². The molecule has 3 nitrogen and oxygen atoms in total. The van der Waals surface area contributed by atoms with E-state index in [1.165, 1.54) is 12.8 Å². The average Bonchev–Trinajstić information content (AvgIpc) is 2.31. The predicted molar refractivity (Wildman–Crippen MR) is 65.1 cm³/mol. The van der Waals surface area contributed by atoms with Crippen molar-refractivity contribution in [2.45, 2.75) is 52.4 Å². The molecule has 0 saturated carbocycles. The Morgan fingerprint density at radius 2 is 1.88 bits per heavy atom. The molecule has 0 amide bonds. The van der Waals surface area contributed by atoms with Crippen LogP contribution >= 0.6 is 0 Å². The second-order valence-electron chi connectivity index (χ2n) is 3.74. The third kappa shape index (κ3) is 9.71. The number of hydrogen-bond acceptors (Lipinski definition) is 3. The van der Waals surface area contributed by atoms with Crippen molar-refractivity contribution < 1.29 is 14.3 Å². The Balaban J connectivity index is 3.53. The Morgan fingerprint density at radius 3 is 2.50 bits per heavy atom. The van der Waals surface area contributed by atoms with Gasteiger partial charge in [0.1, 0.15) is 0 Å². The molecule has 0 aliphatic carbocycles. The molecule has 0 heterocycles. The van der Waals surface area contributed by atoms with Crippen molar-refractivity contribution in [1.29, 1.82) is 0 Å². The van der Waals surface area contributed by atoms with Crippen LogP contribution in [0.25, 0.3) is 0 Å². The van der Waals surface area contributed by atoms with E-state index in [-0.39, 0.29) is 6.79 Å². The molecule has 0 aliphatic rings. The summed E-state index contributed by atoms with van der Waals surface area (Å²) in [6.45, 7) is 5.13. The molecular weight excluding hydrogens is 204 g/mol. The largest absolute Gasteiger partial charge is 0.464 e. The minimum absolute atomic E-state index is 0.179. The summed E-state index contributed by atoms with van der Waals surface area (Å²) in [5, 5.41) is 0. The fourth-order valence-electron chi connectivity index (χ4n) is 1.19. The van der Waals surface area contributed by atoms with Gasteiger partial charge in [-0.15, -0.1) is 0 Å². The van der Waals surface area contributed by atoms with E-state index < -0.39 is 0 Å². The molecule has 0 N–H and O–H groups in total. The third-order valence-corrected chi connectivity index (χ3v) is 2.22. The Morgan fingerprint density at radius 1 is 1.12 bits per heavy atom. The van der Waals surface area contributed by atoms with Crippen LogP contribution in [0, 0.1) is 0 Å². The molecule has 0 rings (SSSR count). The first kappa shape index (κ1) is 15.2. The van der Waals surface area contributed by atoms with Gasteiger partial charge < -0.3 is 9.47 Å². The van der Waals surface area contributed by atoms with Crippen LogP contribution in [0.15, 0.2) is 11.8 Å². The van der Waals surface area contributed by atoms with Crippen molar-refractivity contribution in [2.24, 2.45) is 0 Å². The van der Waals surface area contributed by atoms with Crippen molar-refractivity contribution in [1.82, 2.24) is 0 Å². The lowest BCUT2D eigenvalue weighted by Gasteiger charge is -2.06. The molecule has 0 radical (unpaired) electrons. The summed E-state index contributed by atoms with van der Waals surface area (Å²) in [4.78, 5) is 10.6. The van der Waals surface area contributed by atoms with Crippen LogP contribution in [0.4, 0.5) is 0 Å². The summed E-state index contributed by atoms with van der Waals surface area (Å²) in [5.74, 6) is 0.396. The van der Waals surface area contributed by atoms with Crippen molar-refractivity contribution in [3.63, 3.8) is 0 Å². The number of aldehydes is 1. The van der Waals surface area contributed by atoms with Crippen LogP contribution in [0.1, 0.15) is 52.4 Å². The first-order chi connectivity index (χ1) is 7.85. The van der Waals surface area contributed by atoms with E-state index in [0.29, 0.717) is 12.4 Å². The number of carbonyl (C=O) groups is 1. The summed E-state index contributed by atoms with van der Waals surface area (Å²) in [6, 6.07) is 0. The van der Waals surface area contributed by atoms with Gasteiger partial charge >= 0.3 is 0 Å². The average molecular weight is 228 g/mol. The topological polar surface area (TPSA) is 35.5 Å². The van der Waals surface area contributed by atoms with Crippen LogP contribution in [0.2, 0.25) is 0 Å². The number of ether oxygens (including phenoxy) is 2. The predicted octanol–water partition coefficient (Wildman–Crippen LogP) is 3.44. The van der Waals surface area contributed by atoms with Gasteiger partial charge in [0.25, 0.3) is 0 Å². The molecule has 0 aliphatic heterocycles. The summed E-state index contributed by atoms with van der Waals surface area (Å²) >= 11 is 0. The molecule has 0 aromatic heterocycles. The van der Waals surface area contributed by atoms with Crippen LogP contribution in [-0.2, 0) is 14.3 Å². The van der Waals surface area contributed by atoms with E-state index in [0.717, 1.165) is 32.0 Å². The molecule has 0 spiro atoms. The smallest absolute Gasteiger partial charge is 0.189 e. The maximum Gasteiger partial charge on any atom is 0.189 e. The van der Waals surface area contributed by atoms with Gasteiger partial charge in [0.05, 0.1) is 6.61 Å². The van der Waals surface area contributed by atoms with Gasteiger partial charge in [-0.1, -0.05) is 33.1 Å². The van der Waals surface area contributed by atoms with Gasteiger partial charge in [0.2, 0.25) is 0 Å². The fourth-order valence-corrected chi connectivity index (χ4v) is 1.19. The second-order valence-corrected chi connectivity index (χ2v) is 3.74. The van der Waals surface area contributed by atoms with E-state index >= 15 is 0 Å². The van der Waals surface area contributed by atoms with Gasteiger partial charge in [-0.25, -0.2) is 0 Å². The van der Waals surface area contributed by atoms with Gasteiger partial charge in [-0.2, -0.15) is 0 Å². The molecule has 0 saturated heterocycles. The highest BCUT2D eigenvalue weighted by molar-refractivity contribution is 5.69. The zero-order chi connectivity index (χ0) is 12.1. The molecule has 16 heavy (non-hydrogen) atoms. The van der Waals surface area contributed by atoms with E-state index in [4.69, 9.17) is 9.47 Å². The lowest BCUT2D eigenvalue weighted by Crippen LogP contribution is -2.02. The summed E-state index contributed by atoms with van der Waals surface area (Å²) in [5.41, 5.74) is 0. The highest BCUT2D eigenvalue weighted by atomic mass is 16.7. The first-order valence-corrected chi connectivity index (χ1v) is 6.21. The summed E-state index contributed by atoms with van der Waals surface area (Å²) < 4.78 is 10.4. The molecular formula is C13H24O3. The highest BCUT2D eigenvalue weighted by Crippen LogP contribution is 2.03. The van der Waals surface area contributed by atoms with Gasteiger partial charge in [-0.05, 0) is 25.3 Å². The van der Waals surface area contributed by atoms with Crippen molar-refractivity contribution in [2.75, 3.05) is 13.4 Å². The molecule has 94 valence electrons. The van der Waals surface area contributed by atoms with Gasteiger partial charge in [-0.3, -0.25) is 4.79 Å². The molecule has 0 atom stereocenters. The van der Waals surface area contributed by atoms with E-state index in [2.05, 4.69) is 13.8 Å². The number of allylic oxidation sites excluding steroid dienone is 2. The standard InChI is InChI=1S/C13H24O3/c1-3-5-7-8-9-13(11-14)16-12-15-10-6-4-2/h9,11H,3-8,10,12H2,1-2H3/b13-9+. The van der Waals surface area contributed by atoms with E-state index in [1.54, 1.807) is 0 Å². The number of rotatable bonds is 11. The van der Waals surface area contributed by atoms with Crippen LogP contribution in [-0.4, -0.2) is 19.7 Å². The van der Waals surface area contributed by atoms with E-state index in [1.807, 2.05) is 6.08 Å². The zero-order valence-corrected chi connectivity index (χ0v) is 10.5. The maximum atomic E-state index is 10.6. The maximum absolute atomic E-state index is 10.6. The summed E-state index contributed by atoms with van der Waals surface area (Å²) in [7, 11) is 0. The monoisotopic (exact) mass is 228 g/mol. The highest BCUT2D eigenvalue weighted by Gasteiger charge is 1.95. The minimum Gasteiger partial charge on any atom is -0.464 e. The summed E-state index contributed by atoms with van der Waals surface area (Å²) in [6.07, 6.45) is 9.10. The lowest BCUT2D eigenvalue weighted by atomic mass is 10.2. The van der Waals surface area contributed by atoms with Gasteiger partial charge in [0.15, 0.2) is 18.8 Å². The minimum atomic E-state index is 0.179. The molecule has 0 aromatic carbocycles. The third-order valence-electron chi connectivity index (χ3n) is 2.22. The number of unbranched alkanes of at least 4 members (excludes halogenated alkanes) is 4. The molecule has 0 bridgehead atoms. The Kier molecular flexibility index (Phi) is 11.6. The molecule has 0 aromatic rings. The molecule has 3 heteroatoms. The SMILES string of the molecule is CCCCC/C=C(\C=O)OCOCCCC. The van der Waals surface area contributed by atoms with Crippen LogP contribution in [0.3, 0.4) is 0 Å². The Hall–Kier alpha value is -0.830. The van der Waals surface area contributed by atoms with Crippen molar-refractivity contribution in [3.8, 4) is 0 Å². The molecule has 0 fully saturated rings. The molecule has 0 unspecified atom stereocenters. The van der Waals surface area contributed by atoms with Crippen LogP contribution in [0.5, 0.6) is 0 Å². The Bertz CT molecular complexity index is 188. The van der Waals surface area contributed by atoms with Gasteiger partial charge in [0, 0.05) is 0 Å². The van der Waals surface area contributed by atoms with Crippen LogP contribution < -0.4 is 0 Å². The van der Waals surface area contributed by atoms with E-state index in [9.17, 15) is 4.79 Å². The zero-order valence-electron chi connectivity index (χ0n) is 10.5. The van der Waals surface area contributed by atoms with Crippen molar-refractivity contribution in [3.05, 3.63) is 11.8 Å². The quantitative estimate of drug-likeness (QED) is 0.179. The normalized spacial score (nSPS) is 11.5. The fraction of sp³-hybridized carbons (Fsp3) is 0.769.